The second-order valence-corrected chi connectivity index (χ2v) is 8.28. The van der Waals surface area contributed by atoms with Crippen molar-refractivity contribution >= 4 is 12.0 Å². The van der Waals surface area contributed by atoms with E-state index < -0.39 is 29.8 Å². The first kappa shape index (κ1) is 24.5. The van der Waals surface area contributed by atoms with Gasteiger partial charge in [-0.1, -0.05) is 49.7 Å². The lowest BCUT2D eigenvalue weighted by Gasteiger charge is -2.51. The molecule has 2 aromatic carbocycles. The van der Waals surface area contributed by atoms with Crippen molar-refractivity contribution in [2.75, 3.05) is 26.8 Å². The van der Waals surface area contributed by atoms with E-state index in [0.29, 0.717) is 17.9 Å². The normalized spacial score (nSPS) is 16.4. The molecule has 2 unspecified atom stereocenters. The minimum absolute atomic E-state index is 0.286. The van der Waals surface area contributed by atoms with Gasteiger partial charge in [0.2, 0.25) is 6.10 Å². The zero-order chi connectivity index (χ0) is 24.0. The van der Waals surface area contributed by atoms with Gasteiger partial charge in [-0.15, -0.1) is 0 Å². The van der Waals surface area contributed by atoms with Crippen LogP contribution in [0.2, 0.25) is 0 Å². The first-order valence-corrected chi connectivity index (χ1v) is 11.1. The van der Waals surface area contributed by atoms with Gasteiger partial charge in [-0.2, -0.15) is 0 Å². The van der Waals surface area contributed by atoms with Crippen molar-refractivity contribution in [3.8, 4) is 5.75 Å². The Morgan fingerprint density at radius 3 is 2.39 bits per heavy atom. The van der Waals surface area contributed by atoms with Crippen molar-refractivity contribution in [1.29, 1.82) is 0 Å². The number of hydrogen-bond donors (Lipinski definition) is 2. The van der Waals surface area contributed by atoms with Gasteiger partial charge in [-0.05, 0) is 42.2 Å². The van der Waals surface area contributed by atoms with Crippen molar-refractivity contribution in [1.82, 2.24) is 4.90 Å². The van der Waals surface area contributed by atoms with Crippen LogP contribution in [0, 0.1) is 6.92 Å². The third kappa shape index (κ3) is 5.46. The molecule has 1 aliphatic heterocycles. The van der Waals surface area contributed by atoms with Crippen LogP contribution in [0.5, 0.6) is 5.75 Å². The van der Waals surface area contributed by atoms with Crippen LogP contribution in [0.1, 0.15) is 42.6 Å². The third-order valence-electron chi connectivity index (χ3n) is 5.95. The number of carbonyl (C=O) groups excluding carboxylic acids is 2. The summed E-state index contributed by atoms with van der Waals surface area (Å²) in [7, 11) is 1.53. The number of likely N-dealkylation sites (tertiary alicyclic amines) is 1. The van der Waals surface area contributed by atoms with Crippen molar-refractivity contribution in [3.63, 3.8) is 0 Å². The summed E-state index contributed by atoms with van der Waals surface area (Å²) in [6.07, 6.45) is -2.09. The Balaban J connectivity index is 1.80. The van der Waals surface area contributed by atoms with E-state index in [1.807, 2.05) is 31.2 Å². The molecular formula is C25H32N2O6. The Labute approximate surface area is 194 Å². The highest BCUT2D eigenvalue weighted by molar-refractivity contribution is 5.85. The van der Waals surface area contributed by atoms with Crippen LogP contribution in [0.25, 0.3) is 0 Å². The average Bonchev–Trinajstić information content (AvgIpc) is 2.79. The van der Waals surface area contributed by atoms with E-state index in [-0.39, 0.29) is 13.1 Å². The van der Waals surface area contributed by atoms with Crippen LogP contribution in [0.3, 0.4) is 0 Å². The summed E-state index contributed by atoms with van der Waals surface area (Å²) in [6, 6.07) is 14.4. The molecule has 178 valence electrons. The maximum Gasteiger partial charge on any atom is 0.405 e. The summed E-state index contributed by atoms with van der Waals surface area (Å²) in [5, 5.41) is 10.8. The molecule has 8 nitrogen and oxygen atoms in total. The lowest BCUT2D eigenvalue weighted by atomic mass is 9.82. The maximum absolute atomic E-state index is 13.3. The predicted octanol–water partition coefficient (Wildman–Crippen LogP) is 3.06. The zero-order valence-corrected chi connectivity index (χ0v) is 19.3. The average molecular weight is 457 g/mol. The highest BCUT2D eigenvalue weighted by Gasteiger charge is 2.51. The number of rotatable bonds is 10. The second-order valence-electron chi connectivity index (χ2n) is 8.28. The Bertz CT molecular complexity index is 956. The Morgan fingerprint density at radius 1 is 1.15 bits per heavy atom. The molecule has 0 aliphatic carbocycles. The van der Waals surface area contributed by atoms with E-state index in [0.717, 1.165) is 24.0 Å². The summed E-state index contributed by atoms with van der Waals surface area (Å²) in [6.45, 7) is 5.25. The quantitative estimate of drug-likeness (QED) is 0.532. The first-order chi connectivity index (χ1) is 15.8. The number of methoxy groups -OCH3 is 1. The number of nitrogens with two attached hydrogens (primary N) is 1. The molecule has 2 amide bonds. The van der Waals surface area contributed by atoms with Gasteiger partial charge in [0.1, 0.15) is 17.5 Å². The standard InChI is InChI=1S/C25H32N2O6/c1-4-5-14-32-25(20-9-7-6-8-17(20)2)15-27(16-25)23(29)22(33-24(26)30)21(28)18-10-12-19(31-3)13-11-18/h6-13,21-22,28H,4-5,14-16H2,1-3H3,(H2,26,30). The number of carbonyl (C=O) groups is 2. The fourth-order valence-corrected chi connectivity index (χ4v) is 4.09. The Kier molecular flexibility index (Phi) is 7.94. The number of aliphatic hydroxyl groups is 1. The van der Waals surface area contributed by atoms with Gasteiger partial charge in [-0.25, -0.2) is 4.79 Å². The predicted molar refractivity (Wildman–Crippen MR) is 123 cm³/mol. The minimum atomic E-state index is -1.47. The van der Waals surface area contributed by atoms with Gasteiger partial charge < -0.3 is 30.0 Å². The number of benzene rings is 2. The number of ether oxygens (including phenoxy) is 3. The molecule has 0 saturated carbocycles. The SMILES string of the molecule is CCCCOC1(c2ccccc2C)CN(C(=O)C(OC(N)=O)C(O)c2ccc(OC)cc2)C1. The number of aliphatic hydroxyl groups excluding tert-OH is 1. The summed E-state index contributed by atoms with van der Waals surface area (Å²) in [5.74, 6) is 0.0695. The fourth-order valence-electron chi connectivity index (χ4n) is 4.09. The largest absolute Gasteiger partial charge is 0.497 e. The molecule has 1 aliphatic rings. The third-order valence-corrected chi connectivity index (χ3v) is 5.95. The van der Waals surface area contributed by atoms with Gasteiger partial charge in [0.15, 0.2) is 0 Å². The number of nitrogens with zero attached hydrogens (tertiary/aromatic N) is 1. The summed E-state index contributed by atoms with van der Waals surface area (Å²) in [5.41, 5.74) is 7.07. The van der Waals surface area contributed by atoms with Gasteiger partial charge in [0, 0.05) is 6.61 Å². The van der Waals surface area contributed by atoms with Crippen LogP contribution >= 0.6 is 0 Å². The monoisotopic (exact) mass is 456 g/mol. The number of amides is 2. The van der Waals surface area contributed by atoms with Gasteiger partial charge in [0.25, 0.3) is 5.91 Å². The van der Waals surface area contributed by atoms with Crippen molar-refractivity contribution in [2.45, 2.75) is 44.5 Å². The number of unbranched alkanes of at least 4 members (excludes halogenated alkanes) is 1. The number of primary amides is 1. The fraction of sp³-hybridized carbons (Fsp3) is 0.440. The molecule has 0 bridgehead atoms. The van der Waals surface area contributed by atoms with E-state index in [4.69, 9.17) is 19.9 Å². The molecule has 3 rings (SSSR count). The van der Waals surface area contributed by atoms with Gasteiger partial charge >= 0.3 is 6.09 Å². The van der Waals surface area contributed by atoms with Crippen LogP contribution in [-0.2, 0) is 19.9 Å². The lowest BCUT2D eigenvalue weighted by molar-refractivity contribution is -0.184. The molecule has 2 atom stereocenters. The molecule has 1 saturated heterocycles. The Morgan fingerprint density at radius 2 is 1.82 bits per heavy atom. The van der Waals surface area contributed by atoms with Crippen LogP contribution in [0.15, 0.2) is 48.5 Å². The van der Waals surface area contributed by atoms with Gasteiger partial charge in [0.05, 0.1) is 20.2 Å². The molecule has 8 heteroatoms. The molecule has 0 spiro atoms. The smallest absolute Gasteiger partial charge is 0.405 e. The topological polar surface area (TPSA) is 111 Å². The second kappa shape index (κ2) is 10.7. The summed E-state index contributed by atoms with van der Waals surface area (Å²) in [4.78, 5) is 26.3. The van der Waals surface area contributed by atoms with Gasteiger partial charge in [-0.3, -0.25) is 4.79 Å². The summed E-state index contributed by atoms with van der Waals surface area (Å²) >= 11 is 0. The van der Waals surface area contributed by atoms with E-state index in [1.54, 1.807) is 24.3 Å². The van der Waals surface area contributed by atoms with E-state index in [2.05, 4.69) is 6.92 Å². The summed E-state index contributed by atoms with van der Waals surface area (Å²) < 4.78 is 16.5. The number of aryl methyl sites for hydroxylation is 1. The minimum Gasteiger partial charge on any atom is -0.497 e. The molecule has 0 radical (unpaired) electrons. The molecule has 3 N–H and O–H groups in total. The molecule has 1 fully saturated rings. The number of hydrogen-bond acceptors (Lipinski definition) is 6. The van der Waals surface area contributed by atoms with E-state index in [9.17, 15) is 14.7 Å². The molecule has 0 aromatic heterocycles. The lowest BCUT2D eigenvalue weighted by Crippen LogP contribution is -2.65. The van der Waals surface area contributed by atoms with E-state index >= 15 is 0 Å². The van der Waals surface area contributed by atoms with E-state index in [1.165, 1.54) is 12.0 Å². The van der Waals surface area contributed by atoms with Crippen LogP contribution in [-0.4, -0.2) is 54.9 Å². The van der Waals surface area contributed by atoms with Crippen molar-refractivity contribution < 1.29 is 28.9 Å². The van der Waals surface area contributed by atoms with Crippen molar-refractivity contribution in [3.05, 3.63) is 65.2 Å². The first-order valence-electron chi connectivity index (χ1n) is 11.1. The molecule has 2 aromatic rings. The molecular weight excluding hydrogens is 424 g/mol. The van der Waals surface area contributed by atoms with Crippen molar-refractivity contribution in [2.24, 2.45) is 5.73 Å². The Hall–Kier alpha value is -3.10. The zero-order valence-electron chi connectivity index (χ0n) is 19.3. The highest BCUT2D eigenvalue weighted by atomic mass is 16.6. The molecule has 1 heterocycles. The maximum atomic E-state index is 13.3. The van der Waals surface area contributed by atoms with Crippen LogP contribution in [0.4, 0.5) is 4.79 Å². The van der Waals surface area contributed by atoms with Crippen LogP contribution < -0.4 is 10.5 Å². The highest BCUT2D eigenvalue weighted by Crippen LogP contribution is 2.39. The molecule has 33 heavy (non-hydrogen) atoms.